The fourth-order valence-electron chi connectivity index (χ4n) is 1.36. The number of benzene rings is 1. The van der Waals surface area contributed by atoms with Crippen molar-refractivity contribution in [1.29, 1.82) is 0 Å². The van der Waals surface area contributed by atoms with Gasteiger partial charge < -0.3 is 20.5 Å². The Balaban J connectivity index is 2.51. The maximum atomic E-state index is 11.8. The summed E-state index contributed by atoms with van der Waals surface area (Å²) in [6, 6.07) is 7.16. The van der Waals surface area contributed by atoms with Crippen molar-refractivity contribution >= 4 is 11.6 Å². The lowest BCUT2D eigenvalue weighted by atomic mass is 9.99. The van der Waals surface area contributed by atoms with Crippen molar-refractivity contribution in [3.05, 3.63) is 24.3 Å². The Morgan fingerprint density at radius 2 is 2.16 bits per heavy atom. The van der Waals surface area contributed by atoms with Gasteiger partial charge in [0.1, 0.15) is 5.75 Å². The lowest BCUT2D eigenvalue weighted by molar-refractivity contribution is -0.115. The summed E-state index contributed by atoms with van der Waals surface area (Å²) in [6.07, 6.45) is -0.544. The van der Waals surface area contributed by atoms with Crippen LogP contribution < -0.4 is 15.4 Å². The normalized spacial score (nSPS) is 12.9. The molecule has 1 atom stereocenters. The standard InChI is InChI=1S/C14H22N2O3/c1-10(17)14(2,3)15-9-13(18)16-11-6-5-7-12(8-11)19-4/h5-8,10,15,17H,9H2,1-4H3,(H,16,18). The first-order chi connectivity index (χ1) is 8.85. The number of anilines is 1. The molecule has 0 aromatic heterocycles. The maximum Gasteiger partial charge on any atom is 0.238 e. The van der Waals surface area contributed by atoms with Crippen molar-refractivity contribution in [2.75, 3.05) is 19.0 Å². The van der Waals surface area contributed by atoms with Crippen LogP contribution >= 0.6 is 0 Å². The second-order valence-corrected chi connectivity index (χ2v) is 5.03. The quantitative estimate of drug-likeness (QED) is 0.727. The van der Waals surface area contributed by atoms with Crippen molar-refractivity contribution in [1.82, 2.24) is 5.32 Å². The van der Waals surface area contributed by atoms with Crippen LogP contribution in [0.1, 0.15) is 20.8 Å². The summed E-state index contributed by atoms with van der Waals surface area (Å²) in [5, 5.41) is 15.3. The van der Waals surface area contributed by atoms with Gasteiger partial charge in [0.25, 0.3) is 0 Å². The van der Waals surface area contributed by atoms with Gasteiger partial charge in [0, 0.05) is 17.3 Å². The number of carbonyl (C=O) groups excluding carboxylic acids is 1. The average molecular weight is 266 g/mol. The minimum Gasteiger partial charge on any atom is -0.497 e. The molecule has 1 rings (SSSR count). The minimum atomic E-state index is -0.544. The van der Waals surface area contributed by atoms with E-state index in [0.717, 1.165) is 0 Å². The van der Waals surface area contributed by atoms with Crippen molar-refractivity contribution in [2.45, 2.75) is 32.4 Å². The van der Waals surface area contributed by atoms with Gasteiger partial charge in [0.2, 0.25) is 5.91 Å². The zero-order chi connectivity index (χ0) is 14.5. The second kappa shape index (κ2) is 6.54. The number of carbonyl (C=O) groups is 1. The van der Waals surface area contributed by atoms with Crippen LogP contribution in [0.15, 0.2) is 24.3 Å². The van der Waals surface area contributed by atoms with E-state index in [-0.39, 0.29) is 12.5 Å². The van der Waals surface area contributed by atoms with Crippen LogP contribution in [0.25, 0.3) is 0 Å². The fourth-order valence-corrected chi connectivity index (χ4v) is 1.36. The monoisotopic (exact) mass is 266 g/mol. The molecule has 5 heteroatoms. The highest BCUT2D eigenvalue weighted by Gasteiger charge is 2.23. The van der Waals surface area contributed by atoms with Gasteiger partial charge in [0.05, 0.1) is 19.8 Å². The molecule has 5 nitrogen and oxygen atoms in total. The van der Waals surface area contributed by atoms with E-state index in [1.165, 1.54) is 0 Å². The van der Waals surface area contributed by atoms with Gasteiger partial charge in [0.15, 0.2) is 0 Å². The number of hydrogen-bond acceptors (Lipinski definition) is 4. The molecule has 0 radical (unpaired) electrons. The minimum absolute atomic E-state index is 0.134. The summed E-state index contributed by atoms with van der Waals surface area (Å²) in [5.74, 6) is 0.525. The van der Waals surface area contributed by atoms with Crippen LogP contribution in [-0.4, -0.2) is 36.3 Å². The van der Waals surface area contributed by atoms with Gasteiger partial charge in [-0.15, -0.1) is 0 Å². The van der Waals surface area contributed by atoms with Crippen LogP contribution in [0.3, 0.4) is 0 Å². The lowest BCUT2D eigenvalue weighted by Crippen LogP contribution is -2.50. The molecule has 0 saturated carbocycles. The SMILES string of the molecule is COc1cccc(NC(=O)CNC(C)(C)C(C)O)c1. The van der Waals surface area contributed by atoms with Crippen LogP contribution in [0.2, 0.25) is 0 Å². The van der Waals surface area contributed by atoms with Crippen molar-refractivity contribution in [2.24, 2.45) is 0 Å². The smallest absolute Gasteiger partial charge is 0.238 e. The van der Waals surface area contributed by atoms with Crippen LogP contribution in [0.4, 0.5) is 5.69 Å². The molecule has 0 heterocycles. The van der Waals surface area contributed by atoms with E-state index in [0.29, 0.717) is 11.4 Å². The van der Waals surface area contributed by atoms with Crippen LogP contribution in [0.5, 0.6) is 5.75 Å². The summed E-state index contributed by atoms with van der Waals surface area (Å²) in [6.45, 7) is 5.51. The molecular formula is C14H22N2O3. The highest BCUT2D eigenvalue weighted by atomic mass is 16.5. The first kappa shape index (κ1) is 15.5. The maximum absolute atomic E-state index is 11.8. The molecule has 0 aliphatic carbocycles. The largest absolute Gasteiger partial charge is 0.497 e. The molecule has 0 fully saturated rings. The molecule has 0 spiro atoms. The Labute approximate surface area is 114 Å². The van der Waals surface area contributed by atoms with E-state index in [9.17, 15) is 9.90 Å². The molecule has 106 valence electrons. The third kappa shape index (κ3) is 4.89. The number of ether oxygens (including phenoxy) is 1. The lowest BCUT2D eigenvalue weighted by Gasteiger charge is -2.29. The Hall–Kier alpha value is -1.59. The predicted molar refractivity (Wildman–Crippen MR) is 75.4 cm³/mol. The molecule has 19 heavy (non-hydrogen) atoms. The zero-order valence-corrected chi connectivity index (χ0v) is 11.9. The molecule has 1 aromatic carbocycles. The number of nitrogens with one attached hydrogen (secondary N) is 2. The Morgan fingerprint density at radius 1 is 1.47 bits per heavy atom. The molecule has 1 unspecified atom stereocenters. The van der Waals surface area contributed by atoms with Crippen molar-refractivity contribution in [3.8, 4) is 5.75 Å². The van der Waals surface area contributed by atoms with Crippen molar-refractivity contribution < 1.29 is 14.6 Å². The summed E-state index contributed by atoms with van der Waals surface area (Å²) >= 11 is 0. The number of hydrogen-bond donors (Lipinski definition) is 3. The van der Waals surface area contributed by atoms with E-state index >= 15 is 0 Å². The number of methoxy groups -OCH3 is 1. The number of aliphatic hydroxyl groups is 1. The Morgan fingerprint density at radius 3 is 2.74 bits per heavy atom. The highest BCUT2D eigenvalue weighted by molar-refractivity contribution is 5.92. The first-order valence-corrected chi connectivity index (χ1v) is 6.22. The predicted octanol–water partition coefficient (Wildman–Crippen LogP) is 1.38. The third-order valence-corrected chi connectivity index (χ3v) is 3.10. The molecule has 0 bridgehead atoms. The number of amides is 1. The summed E-state index contributed by atoms with van der Waals surface area (Å²) < 4.78 is 5.08. The van der Waals surface area contributed by atoms with E-state index < -0.39 is 11.6 Å². The summed E-state index contributed by atoms with van der Waals surface area (Å²) in [5.41, 5.74) is 0.173. The van der Waals surface area contributed by atoms with E-state index in [1.54, 1.807) is 26.2 Å². The van der Waals surface area contributed by atoms with Gasteiger partial charge in [-0.05, 0) is 32.9 Å². The second-order valence-electron chi connectivity index (χ2n) is 5.03. The average Bonchev–Trinajstić information content (AvgIpc) is 2.36. The Kier molecular flexibility index (Phi) is 5.32. The zero-order valence-electron chi connectivity index (χ0n) is 11.9. The highest BCUT2D eigenvalue weighted by Crippen LogP contribution is 2.16. The summed E-state index contributed by atoms with van der Waals surface area (Å²) in [7, 11) is 1.58. The van der Waals surface area contributed by atoms with Gasteiger partial charge in [-0.2, -0.15) is 0 Å². The molecule has 3 N–H and O–H groups in total. The van der Waals surface area contributed by atoms with Gasteiger partial charge in [-0.25, -0.2) is 0 Å². The van der Waals surface area contributed by atoms with E-state index in [2.05, 4.69) is 10.6 Å². The van der Waals surface area contributed by atoms with E-state index in [4.69, 9.17) is 4.74 Å². The fraction of sp³-hybridized carbons (Fsp3) is 0.500. The van der Waals surface area contributed by atoms with Gasteiger partial charge in [-0.3, -0.25) is 4.79 Å². The number of rotatable bonds is 6. The molecule has 1 amide bonds. The topological polar surface area (TPSA) is 70.6 Å². The molecule has 1 aromatic rings. The van der Waals surface area contributed by atoms with E-state index in [1.807, 2.05) is 26.0 Å². The molecule has 0 aliphatic heterocycles. The molecule has 0 aliphatic rings. The van der Waals surface area contributed by atoms with Crippen LogP contribution in [-0.2, 0) is 4.79 Å². The molecule has 0 saturated heterocycles. The first-order valence-electron chi connectivity index (χ1n) is 6.22. The summed E-state index contributed by atoms with van der Waals surface area (Å²) in [4.78, 5) is 11.8. The molecular weight excluding hydrogens is 244 g/mol. The van der Waals surface area contributed by atoms with Gasteiger partial charge >= 0.3 is 0 Å². The Bertz CT molecular complexity index is 430. The van der Waals surface area contributed by atoms with Crippen molar-refractivity contribution in [3.63, 3.8) is 0 Å². The van der Waals surface area contributed by atoms with Crippen LogP contribution in [0, 0.1) is 0 Å². The number of aliphatic hydroxyl groups excluding tert-OH is 1. The van der Waals surface area contributed by atoms with Gasteiger partial charge in [-0.1, -0.05) is 6.07 Å². The third-order valence-electron chi connectivity index (χ3n) is 3.10.